The van der Waals surface area contributed by atoms with Gasteiger partial charge in [0.05, 0.1) is 0 Å². The van der Waals surface area contributed by atoms with Crippen molar-refractivity contribution in [3.63, 3.8) is 0 Å². The van der Waals surface area contributed by atoms with Gasteiger partial charge < -0.3 is 5.32 Å². The SMILES string of the molecule is CCCNC(CCC)c1c(F)cc(Br)cc1F. The second-order valence-corrected chi connectivity index (χ2v) is 4.99. The molecule has 0 amide bonds. The number of halogens is 3. The Kier molecular flexibility index (Phi) is 6.06. The molecule has 4 heteroatoms. The lowest BCUT2D eigenvalue weighted by Crippen LogP contribution is -2.24. The fraction of sp³-hybridized carbons (Fsp3) is 0.538. The van der Waals surface area contributed by atoms with Gasteiger partial charge in [-0.15, -0.1) is 0 Å². The molecule has 1 atom stereocenters. The maximum absolute atomic E-state index is 13.8. The second kappa shape index (κ2) is 7.07. The smallest absolute Gasteiger partial charge is 0.132 e. The zero-order valence-corrected chi connectivity index (χ0v) is 11.8. The summed E-state index contributed by atoms with van der Waals surface area (Å²) in [5.74, 6) is -0.974. The number of nitrogens with one attached hydrogen (secondary N) is 1. The fourth-order valence-corrected chi connectivity index (χ4v) is 2.24. The van der Waals surface area contributed by atoms with Crippen LogP contribution in [-0.4, -0.2) is 6.54 Å². The van der Waals surface area contributed by atoms with Crippen molar-refractivity contribution >= 4 is 15.9 Å². The summed E-state index contributed by atoms with van der Waals surface area (Å²) in [4.78, 5) is 0. The van der Waals surface area contributed by atoms with Crippen LogP contribution in [0, 0.1) is 11.6 Å². The maximum atomic E-state index is 13.8. The minimum absolute atomic E-state index is 0.156. The molecular weight excluding hydrogens is 288 g/mol. The predicted molar refractivity (Wildman–Crippen MR) is 70.0 cm³/mol. The van der Waals surface area contributed by atoms with E-state index in [4.69, 9.17) is 0 Å². The number of rotatable bonds is 6. The normalized spacial score (nSPS) is 12.8. The number of hydrogen-bond acceptors (Lipinski definition) is 1. The van der Waals surface area contributed by atoms with E-state index in [0.717, 1.165) is 25.8 Å². The van der Waals surface area contributed by atoms with Gasteiger partial charge in [0, 0.05) is 16.1 Å². The molecule has 1 aromatic rings. The van der Waals surface area contributed by atoms with Gasteiger partial charge in [0.15, 0.2) is 0 Å². The fourth-order valence-electron chi connectivity index (χ4n) is 1.84. The highest BCUT2D eigenvalue weighted by molar-refractivity contribution is 9.10. The van der Waals surface area contributed by atoms with Crippen LogP contribution < -0.4 is 5.32 Å². The third-order valence-electron chi connectivity index (χ3n) is 2.61. The quantitative estimate of drug-likeness (QED) is 0.812. The molecule has 0 aromatic heterocycles. The van der Waals surface area contributed by atoms with Crippen LogP contribution in [0.4, 0.5) is 8.78 Å². The molecule has 0 aliphatic carbocycles. The Morgan fingerprint density at radius 2 is 1.76 bits per heavy atom. The van der Waals surface area contributed by atoms with Crippen molar-refractivity contribution in [3.8, 4) is 0 Å². The topological polar surface area (TPSA) is 12.0 Å². The molecule has 1 rings (SSSR count). The Morgan fingerprint density at radius 3 is 2.24 bits per heavy atom. The van der Waals surface area contributed by atoms with Crippen LogP contribution in [0.5, 0.6) is 0 Å². The Balaban J connectivity index is 3.00. The zero-order chi connectivity index (χ0) is 12.8. The van der Waals surface area contributed by atoms with E-state index in [-0.39, 0.29) is 11.6 Å². The number of hydrogen-bond donors (Lipinski definition) is 1. The molecule has 0 heterocycles. The van der Waals surface area contributed by atoms with Gasteiger partial charge in [-0.2, -0.15) is 0 Å². The molecule has 17 heavy (non-hydrogen) atoms. The highest BCUT2D eigenvalue weighted by Gasteiger charge is 2.19. The summed E-state index contributed by atoms with van der Waals surface area (Å²) >= 11 is 3.09. The van der Waals surface area contributed by atoms with E-state index in [2.05, 4.69) is 21.2 Å². The minimum Gasteiger partial charge on any atom is -0.310 e. The molecule has 0 aliphatic rings. The second-order valence-electron chi connectivity index (χ2n) is 4.08. The Morgan fingerprint density at radius 1 is 1.18 bits per heavy atom. The lowest BCUT2D eigenvalue weighted by atomic mass is 10.0. The van der Waals surface area contributed by atoms with Crippen molar-refractivity contribution in [2.75, 3.05) is 6.54 Å². The summed E-state index contributed by atoms with van der Waals surface area (Å²) in [7, 11) is 0. The lowest BCUT2D eigenvalue weighted by molar-refractivity contribution is 0.442. The van der Waals surface area contributed by atoms with Crippen molar-refractivity contribution in [1.82, 2.24) is 5.32 Å². The Labute approximate surface area is 110 Å². The van der Waals surface area contributed by atoms with Gasteiger partial charge in [-0.3, -0.25) is 0 Å². The highest BCUT2D eigenvalue weighted by atomic mass is 79.9. The van der Waals surface area contributed by atoms with E-state index in [1.165, 1.54) is 12.1 Å². The Bertz CT molecular complexity index is 345. The molecule has 1 N–H and O–H groups in total. The van der Waals surface area contributed by atoms with Gasteiger partial charge in [0.2, 0.25) is 0 Å². The third kappa shape index (κ3) is 4.03. The van der Waals surface area contributed by atoms with Crippen molar-refractivity contribution in [1.29, 1.82) is 0 Å². The van der Waals surface area contributed by atoms with Crippen molar-refractivity contribution in [2.45, 2.75) is 39.2 Å². The average molecular weight is 306 g/mol. The molecule has 0 radical (unpaired) electrons. The monoisotopic (exact) mass is 305 g/mol. The van der Waals surface area contributed by atoms with E-state index in [1.807, 2.05) is 13.8 Å². The first-order chi connectivity index (χ1) is 8.10. The van der Waals surface area contributed by atoms with Crippen LogP contribution in [0.25, 0.3) is 0 Å². The van der Waals surface area contributed by atoms with E-state index >= 15 is 0 Å². The largest absolute Gasteiger partial charge is 0.310 e. The maximum Gasteiger partial charge on any atom is 0.132 e. The van der Waals surface area contributed by atoms with Gasteiger partial charge in [0.25, 0.3) is 0 Å². The predicted octanol–water partition coefficient (Wildman–Crippen LogP) is 4.57. The van der Waals surface area contributed by atoms with Crippen molar-refractivity contribution < 1.29 is 8.78 Å². The zero-order valence-electron chi connectivity index (χ0n) is 10.2. The van der Waals surface area contributed by atoms with Crippen molar-refractivity contribution in [3.05, 3.63) is 33.8 Å². The standard InChI is InChI=1S/C13H18BrF2N/c1-3-5-12(17-6-4-2)13-10(15)7-9(14)8-11(13)16/h7-8,12,17H,3-6H2,1-2H3. The lowest BCUT2D eigenvalue weighted by Gasteiger charge is -2.19. The summed E-state index contributed by atoms with van der Waals surface area (Å²) in [5.41, 5.74) is 0.156. The first kappa shape index (κ1) is 14.6. The third-order valence-corrected chi connectivity index (χ3v) is 3.07. The van der Waals surface area contributed by atoms with Crippen LogP contribution in [0.15, 0.2) is 16.6 Å². The number of benzene rings is 1. The summed E-state index contributed by atoms with van der Waals surface area (Å²) < 4.78 is 28.0. The van der Waals surface area contributed by atoms with E-state index in [9.17, 15) is 8.78 Å². The Hall–Kier alpha value is -0.480. The van der Waals surface area contributed by atoms with Gasteiger partial charge in [0.1, 0.15) is 11.6 Å². The summed E-state index contributed by atoms with van der Waals surface area (Å²) in [6, 6.07) is 2.39. The van der Waals surface area contributed by atoms with Crippen molar-refractivity contribution in [2.24, 2.45) is 0 Å². The molecule has 1 unspecified atom stereocenters. The molecule has 0 spiro atoms. The molecule has 0 bridgehead atoms. The van der Waals surface area contributed by atoms with E-state index in [0.29, 0.717) is 4.47 Å². The van der Waals surface area contributed by atoms with Crippen LogP contribution in [0.2, 0.25) is 0 Å². The molecule has 0 fully saturated rings. The molecule has 0 saturated heterocycles. The molecule has 1 aromatic carbocycles. The van der Waals surface area contributed by atoms with Gasteiger partial charge in [-0.25, -0.2) is 8.78 Å². The summed E-state index contributed by atoms with van der Waals surface area (Å²) in [5, 5.41) is 3.19. The first-order valence-corrected chi connectivity index (χ1v) is 6.77. The highest BCUT2D eigenvalue weighted by Crippen LogP contribution is 2.27. The summed E-state index contributed by atoms with van der Waals surface area (Å²) in [6.07, 6.45) is 2.56. The van der Waals surface area contributed by atoms with Gasteiger partial charge >= 0.3 is 0 Å². The van der Waals surface area contributed by atoms with Crippen LogP contribution >= 0.6 is 15.9 Å². The van der Waals surface area contributed by atoms with E-state index in [1.54, 1.807) is 0 Å². The molecule has 96 valence electrons. The molecule has 1 nitrogen and oxygen atoms in total. The average Bonchev–Trinajstić information content (AvgIpc) is 2.24. The van der Waals surface area contributed by atoms with Gasteiger partial charge in [-0.05, 0) is 31.5 Å². The van der Waals surface area contributed by atoms with Crippen LogP contribution in [0.3, 0.4) is 0 Å². The van der Waals surface area contributed by atoms with E-state index < -0.39 is 11.6 Å². The van der Waals surface area contributed by atoms with Crippen LogP contribution in [-0.2, 0) is 0 Å². The first-order valence-electron chi connectivity index (χ1n) is 5.98. The van der Waals surface area contributed by atoms with Gasteiger partial charge in [-0.1, -0.05) is 36.2 Å². The van der Waals surface area contributed by atoms with Crippen LogP contribution in [0.1, 0.15) is 44.7 Å². The molecule has 0 aliphatic heterocycles. The molecule has 0 saturated carbocycles. The molecular formula is C13H18BrF2N. The minimum atomic E-state index is -0.487. The summed E-state index contributed by atoms with van der Waals surface area (Å²) in [6.45, 7) is 4.80.